The van der Waals surface area contributed by atoms with E-state index in [0.717, 1.165) is 7.11 Å². The molecule has 1 atom stereocenters. The summed E-state index contributed by atoms with van der Waals surface area (Å²) in [6, 6.07) is 8.76. The number of anilines is 1. The molecule has 1 unspecified atom stereocenters. The fourth-order valence-electron chi connectivity index (χ4n) is 1.95. The number of carbonyl (C=O) groups excluding carboxylic acids is 2. The summed E-state index contributed by atoms with van der Waals surface area (Å²) in [7, 11) is 1.09. The van der Waals surface area contributed by atoms with Gasteiger partial charge >= 0.3 is 11.9 Å². The number of methoxy groups -OCH3 is 1. The molecule has 0 saturated carbocycles. The van der Waals surface area contributed by atoms with Crippen molar-refractivity contribution in [3.8, 4) is 0 Å². The largest absolute Gasteiger partial charge is 0.480 e. The Morgan fingerprint density at radius 2 is 1.91 bits per heavy atom. The lowest BCUT2D eigenvalue weighted by Gasteiger charge is -2.26. The SMILES string of the molecule is C=CCN(C(=O)CC(C)(C(=O)O)C(=O)OC)c1ccccc1. The number of rotatable bonds is 7. The van der Waals surface area contributed by atoms with E-state index in [0.29, 0.717) is 5.69 Å². The minimum atomic E-state index is -1.93. The Hall–Kier alpha value is -2.63. The van der Waals surface area contributed by atoms with Gasteiger partial charge in [0.25, 0.3) is 0 Å². The molecule has 0 saturated heterocycles. The molecule has 22 heavy (non-hydrogen) atoms. The van der Waals surface area contributed by atoms with Gasteiger partial charge in [0.1, 0.15) is 0 Å². The highest BCUT2D eigenvalue weighted by Crippen LogP contribution is 2.26. The van der Waals surface area contributed by atoms with E-state index < -0.39 is 29.7 Å². The maximum atomic E-state index is 12.5. The van der Waals surface area contributed by atoms with E-state index in [1.807, 2.05) is 0 Å². The molecule has 1 rings (SSSR count). The van der Waals surface area contributed by atoms with E-state index in [1.165, 1.54) is 17.9 Å². The predicted octanol–water partition coefficient (Wildman–Crippen LogP) is 1.86. The van der Waals surface area contributed by atoms with Crippen molar-refractivity contribution in [1.29, 1.82) is 0 Å². The molecule has 1 aromatic rings. The Kier molecular flexibility index (Phi) is 5.86. The Labute approximate surface area is 129 Å². The Morgan fingerprint density at radius 3 is 2.36 bits per heavy atom. The van der Waals surface area contributed by atoms with Crippen LogP contribution in [-0.4, -0.2) is 36.6 Å². The summed E-state index contributed by atoms with van der Waals surface area (Å²) < 4.78 is 4.51. The van der Waals surface area contributed by atoms with Crippen LogP contribution in [0.5, 0.6) is 0 Å². The van der Waals surface area contributed by atoms with Crippen molar-refractivity contribution >= 4 is 23.5 Å². The first kappa shape index (κ1) is 17.4. The van der Waals surface area contributed by atoms with Gasteiger partial charge in [-0.05, 0) is 19.1 Å². The number of nitrogens with zero attached hydrogens (tertiary/aromatic N) is 1. The molecule has 6 heteroatoms. The number of amides is 1. The van der Waals surface area contributed by atoms with Gasteiger partial charge < -0.3 is 14.7 Å². The molecule has 0 aliphatic carbocycles. The second-order valence-corrected chi connectivity index (χ2v) is 4.93. The predicted molar refractivity (Wildman–Crippen MR) is 81.4 cm³/mol. The molecule has 0 spiro atoms. The first-order valence-electron chi connectivity index (χ1n) is 6.65. The highest BCUT2D eigenvalue weighted by Gasteiger charge is 2.45. The van der Waals surface area contributed by atoms with Crippen molar-refractivity contribution < 1.29 is 24.2 Å². The first-order chi connectivity index (χ1) is 10.4. The van der Waals surface area contributed by atoms with Gasteiger partial charge in [-0.25, -0.2) is 0 Å². The van der Waals surface area contributed by atoms with E-state index in [1.54, 1.807) is 30.3 Å². The van der Waals surface area contributed by atoms with Crippen molar-refractivity contribution in [2.75, 3.05) is 18.6 Å². The standard InChI is InChI=1S/C16H19NO5/c1-4-10-17(12-8-6-5-7-9-12)13(18)11-16(2,14(19)20)15(21)22-3/h4-9H,1,10-11H2,2-3H3,(H,19,20). The summed E-state index contributed by atoms with van der Waals surface area (Å²) in [4.78, 5) is 37.0. The maximum Gasteiger partial charge on any atom is 0.323 e. The van der Waals surface area contributed by atoms with Gasteiger partial charge in [0.05, 0.1) is 13.5 Å². The number of hydrogen-bond acceptors (Lipinski definition) is 4. The number of carboxylic acid groups (broad SMARTS) is 1. The van der Waals surface area contributed by atoms with E-state index in [2.05, 4.69) is 11.3 Å². The molecular weight excluding hydrogens is 286 g/mol. The molecular formula is C16H19NO5. The van der Waals surface area contributed by atoms with Crippen molar-refractivity contribution in [3.05, 3.63) is 43.0 Å². The van der Waals surface area contributed by atoms with Crippen molar-refractivity contribution in [1.82, 2.24) is 0 Å². The second-order valence-electron chi connectivity index (χ2n) is 4.93. The summed E-state index contributed by atoms with van der Waals surface area (Å²) in [5.74, 6) is -2.86. The van der Waals surface area contributed by atoms with Crippen LogP contribution in [0.4, 0.5) is 5.69 Å². The van der Waals surface area contributed by atoms with E-state index in [-0.39, 0.29) is 6.54 Å². The van der Waals surface area contributed by atoms with Crippen LogP contribution in [0.2, 0.25) is 0 Å². The van der Waals surface area contributed by atoms with Gasteiger partial charge in [0, 0.05) is 12.2 Å². The Balaban J connectivity index is 3.07. The third kappa shape index (κ3) is 3.72. The topological polar surface area (TPSA) is 83.9 Å². The third-order valence-corrected chi connectivity index (χ3v) is 3.29. The molecule has 0 bridgehead atoms. The Bertz CT molecular complexity index is 569. The number of benzene rings is 1. The zero-order valence-corrected chi connectivity index (χ0v) is 12.6. The third-order valence-electron chi connectivity index (χ3n) is 3.29. The van der Waals surface area contributed by atoms with Gasteiger partial charge in [-0.1, -0.05) is 24.3 Å². The lowest BCUT2D eigenvalue weighted by molar-refractivity contribution is -0.167. The lowest BCUT2D eigenvalue weighted by atomic mass is 9.86. The second kappa shape index (κ2) is 7.40. The van der Waals surface area contributed by atoms with Gasteiger partial charge in [-0.3, -0.25) is 14.4 Å². The molecule has 0 aromatic heterocycles. The van der Waals surface area contributed by atoms with Crippen LogP contribution in [0.3, 0.4) is 0 Å². The molecule has 0 radical (unpaired) electrons. The number of ether oxygens (including phenoxy) is 1. The van der Waals surface area contributed by atoms with Crippen molar-refractivity contribution in [3.63, 3.8) is 0 Å². The van der Waals surface area contributed by atoms with Crippen molar-refractivity contribution in [2.45, 2.75) is 13.3 Å². The van der Waals surface area contributed by atoms with Gasteiger partial charge in [-0.15, -0.1) is 6.58 Å². The Morgan fingerprint density at radius 1 is 1.32 bits per heavy atom. The summed E-state index contributed by atoms with van der Waals surface area (Å²) in [5, 5.41) is 9.27. The fourth-order valence-corrected chi connectivity index (χ4v) is 1.95. The van der Waals surface area contributed by atoms with Crippen LogP contribution in [0.15, 0.2) is 43.0 Å². The smallest absolute Gasteiger partial charge is 0.323 e. The zero-order chi connectivity index (χ0) is 16.8. The summed E-state index contributed by atoms with van der Waals surface area (Å²) in [6.07, 6.45) is 1.03. The number of hydrogen-bond donors (Lipinski definition) is 1. The number of aliphatic carboxylic acids is 1. The highest BCUT2D eigenvalue weighted by atomic mass is 16.5. The molecule has 0 fully saturated rings. The summed E-state index contributed by atoms with van der Waals surface area (Å²) in [6.45, 7) is 4.97. The van der Waals surface area contributed by atoms with Gasteiger partial charge in [0.15, 0.2) is 5.41 Å². The normalized spacial score (nSPS) is 12.8. The lowest BCUT2D eigenvalue weighted by Crippen LogP contribution is -2.43. The number of carboxylic acids is 1. The maximum absolute atomic E-state index is 12.5. The van der Waals surface area contributed by atoms with Crippen LogP contribution < -0.4 is 4.90 Å². The van der Waals surface area contributed by atoms with Crippen LogP contribution in [0, 0.1) is 5.41 Å². The van der Waals surface area contributed by atoms with Gasteiger partial charge in [0.2, 0.25) is 5.91 Å². The van der Waals surface area contributed by atoms with Gasteiger partial charge in [-0.2, -0.15) is 0 Å². The number of esters is 1. The molecule has 0 aliphatic rings. The molecule has 1 N–H and O–H groups in total. The minimum absolute atomic E-state index is 0.208. The average molecular weight is 305 g/mol. The quantitative estimate of drug-likeness (QED) is 0.472. The molecule has 0 aliphatic heterocycles. The van der Waals surface area contributed by atoms with E-state index in [9.17, 15) is 19.5 Å². The van der Waals surface area contributed by atoms with E-state index in [4.69, 9.17) is 0 Å². The van der Waals surface area contributed by atoms with Crippen LogP contribution in [-0.2, 0) is 19.1 Å². The number of carbonyl (C=O) groups is 3. The highest BCUT2D eigenvalue weighted by molar-refractivity contribution is 6.05. The molecule has 118 valence electrons. The molecule has 1 amide bonds. The monoisotopic (exact) mass is 305 g/mol. The zero-order valence-electron chi connectivity index (χ0n) is 12.6. The summed E-state index contributed by atoms with van der Waals surface area (Å²) in [5.41, 5.74) is -1.33. The van der Waals surface area contributed by atoms with E-state index >= 15 is 0 Å². The van der Waals surface area contributed by atoms with Crippen LogP contribution in [0.25, 0.3) is 0 Å². The molecule has 1 aromatic carbocycles. The molecule has 0 heterocycles. The minimum Gasteiger partial charge on any atom is -0.480 e. The van der Waals surface area contributed by atoms with Crippen LogP contribution >= 0.6 is 0 Å². The van der Waals surface area contributed by atoms with Crippen molar-refractivity contribution in [2.24, 2.45) is 5.41 Å². The molecule has 6 nitrogen and oxygen atoms in total. The number of para-hydroxylation sites is 1. The first-order valence-corrected chi connectivity index (χ1v) is 6.65. The van der Waals surface area contributed by atoms with Crippen LogP contribution in [0.1, 0.15) is 13.3 Å². The summed E-state index contributed by atoms with van der Waals surface area (Å²) >= 11 is 0. The average Bonchev–Trinajstić information content (AvgIpc) is 2.52. The fraction of sp³-hybridized carbons (Fsp3) is 0.312.